The van der Waals surface area contributed by atoms with Crippen molar-refractivity contribution in [2.24, 2.45) is 23.2 Å². The number of aromatic hydroxyl groups is 1. The maximum Gasteiger partial charge on any atom is 0.115 e. The summed E-state index contributed by atoms with van der Waals surface area (Å²) in [7, 11) is 0. The van der Waals surface area contributed by atoms with Gasteiger partial charge in [0.15, 0.2) is 0 Å². The number of halogens is 1. The molecule has 7 atom stereocenters. The van der Waals surface area contributed by atoms with Gasteiger partial charge in [-0.25, -0.2) is 4.39 Å². The summed E-state index contributed by atoms with van der Waals surface area (Å²) in [5.41, 5.74) is 3.91. The molecule has 158 valence electrons. The Hall–Kier alpha value is -2.13. The molecule has 0 radical (unpaired) electrons. The Kier molecular flexibility index (Phi) is 4.77. The van der Waals surface area contributed by atoms with E-state index in [1.54, 1.807) is 6.07 Å². The largest absolute Gasteiger partial charge is 0.508 e. The van der Waals surface area contributed by atoms with Gasteiger partial charge in [0, 0.05) is 6.42 Å². The maximum absolute atomic E-state index is 14.0. The molecular formula is C27H31FO2. The highest BCUT2D eigenvalue weighted by Gasteiger charge is 2.59. The van der Waals surface area contributed by atoms with Gasteiger partial charge in [0.05, 0.1) is 11.9 Å². The van der Waals surface area contributed by atoms with E-state index in [0.29, 0.717) is 23.5 Å². The molecular weight excluding hydrogens is 375 g/mol. The monoisotopic (exact) mass is 406 g/mol. The molecule has 3 aliphatic carbocycles. The van der Waals surface area contributed by atoms with E-state index >= 15 is 0 Å². The van der Waals surface area contributed by atoms with Gasteiger partial charge in [-0.05, 0) is 89.5 Å². The smallest absolute Gasteiger partial charge is 0.115 e. The highest BCUT2D eigenvalue weighted by molar-refractivity contribution is 5.43. The molecule has 2 fully saturated rings. The van der Waals surface area contributed by atoms with E-state index < -0.39 is 6.10 Å². The predicted octanol–water partition coefficient (Wildman–Crippen LogP) is 6.10. The van der Waals surface area contributed by atoms with Crippen LogP contribution in [0.3, 0.4) is 0 Å². The Morgan fingerprint density at radius 3 is 2.67 bits per heavy atom. The molecule has 0 amide bonds. The van der Waals surface area contributed by atoms with Gasteiger partial charge in [-0.1, -0.05) is 49.9 Å². The average molecular weight is 407 g/mol. The average Bonchev–Trinajstić information content (AvgIpc) is 2.96. The third kappa shape index (κ3) is 3.10. The molecule has 2 aromatic carbocycles. The summed E-state index contributed by atoms with van der Waals surface area (Å²) in [5, 5.41) is 21.1. The van der Waals surface area contributed by atoms with Crippen molar-refractivity contribution >= 4 is 0 Å². The zero-order chi connectivity index (χ0) is 21.0. The molecule has 0 heterocycles. The lowest BCUT2D eigenvalue weighted by Gasteiger charge is -2.53. The zero-order valence-electron chi connectivity index (χ0n) is 17.6. The normalized spacial score (nSPS) is 37.2. The summed E-state index contributed by atoms with van der Waals surface area (Å²) >= 11 is 0. The summed E-state index contributed by atoms with van der Waals surface area (Å²) in [4.78, 5) is 0. The van der Waals surface area contributed by atoms with E-state index in [1.165, 1.54) is 16.7 Å². The third-order valence-corrected chi connectivity index (χ3v) is 8.46. The van der Waals surface area contributed by atoms with E-state index in [2.05, 4.69) is 43.8 Å². The van der Waals surface area contributed by atoms with E-state index in [9.17, 15) is 14.6 Å². The first-order chi connectivity index (χ1) is 14.4. The van der Waals surface area contributed by atoms with Crippen molar-refractivity contribution in [3.8, 4) is 5.75 Å². The Bertz CT molecular complexity index is 955. The minimum Gasteiger partial charge on any atom is -0.508 e. The highest BCUT2D eigenvalue weighted by Crippen LogP contribution is 2.66. The third-order valence-electron chi connectivity index (χ3n) is 8.46. The fourth-order valence-corrected chi connectivity index (χ4v) is 7.42. The van der Waals surface area contributed by atoms with Gasteiger partial charge >= 0.3 is 0 Å². The molecule has 0 unspecified atom stereocenters. The predicted molar refractivity (Wildman–Crippen MR) is 117 cm³/mol. The number of rotatable bonds is 3. The summed E-state index contributed by atoms with van der Waals surface area (Å²) in [6, 6.07) is 16.5. The highest BCUT2D eigenvalue weighted by atomic mass is 19.1. The number of hydrogen-bond donors (Lipinski definition) is 2. The second-order valence-corrected chi connectivity index (χ2v) is 10.2. The summed E-state index contributed by atoms with van der Waals surface area (Å²) in [5.74, 6) is 1.21. The van der Waals surface area contributed by atoms with Crippen molar-refractivity contribution in [2.75, 3.05) is 0 Å². The first-order valence-corrected chi connectivity index (χ1v) is 11.3. The van der Waals surface area contributed by atoms with Crippen LogP contribution in [0.5, 0.6) is 5.75 Å². The number of hydrogen-bond acceptors (Lipinski definition) is 2. The molecule has 0 aromatic heterocycles. The van der Waals surface area contributed by atoms with E-state index in [4.69, 9.17) is 0 Å². The summed E-state index contributed by atoms with van der Waals surface area (Å²) in [6.45, 7) is 5.85. The molecule has 2 N–H and O–H groups in total. The van der Waals surface area contributed by atoms with Crippen molar-refractivity contribution in [3.05, 3.63) is 77.6 Å². The van der Waals surface area contributed by atoms with Gasteiger partial charge in [0.2, 0.25) is 0 Å². The van der Waals surface area contributed by atoms with Crippen LogP contribution in [0.2, 0.25) is 0 Å². The number of aliphatic hydroxyl groups excluding tert-OH is 1. The molecule has 3 aliphatic rings. The van der Waals surface area contributed by atoms with E-state index in [-0.39, 0.29) is 29.5 Å². The standard InChI is InChI=1S/C27H31FO2/c1-16(28)12-23-24(30)15-27(2)11-10-21-20-9-8-19(29)13-18(20)14-22(25(21)26(23)27)17-6-4-3-5-7-17/h3-9,13,21-26,29-30H,1,10-12,14-15H2,2H3/t21-,22+,23+,24-,25+,26+,27-/m1/s1. The van der Waals surface area contributed by atoms with Gasteiger partial charge < -0.3 is 10.2 Å². The molecule has 30 heavy (non-hydrogen) atoms. The van der Waals surface area contributed by atoms with Crippen LogP contribution in [0, 0.1) is 23.2 Å². The lowest BCUT2D eigenvalue weighted by Crippen LogP contribution is -2.45. The summed E-state index contributed by atoms with van der Waals surface area (Å²) < 4.78 is 14.0. The topological polar surface area (TPSA) is 40.5 Å². The lowest BCUT2D eigenvalue weighted by molar-refractivity contribution is 0.0165. The van der Waals surface area contributed by atoms with Crippen molar-refractivity contribution in [1.82, 2.24) is 0 Å². The van der Waals surface area contributed by atoms with Crippen LogP contribution in [0.15, 0.2) is 60.9 Å². The molecule has 0 bridgehead atoms. The SMILES string of the molecule is C=C(F)C[C@@H]1[C@H]2[C@H]3[C@H](CC[C@]2(C)C[C@H]1O)c1ccc(O)cc1C[C@H]3c1ccccc1. The number of benzene rings is 2. The molecule has 2 aromatic rings. The molecule has 0 spiro atoms. The van der Waals surface area contributed by atoms with Crippen molar-refractivity contribution in [2.45, 2.75) is 57.0 Å². The van der Waals surface area contributed by atoms with Crippen molar-refractivity contribution in [3.63, 3.8) is 0 Å². The first-order valence-electron chi connectivity index (χ1n) is 11.3. The Balaban J connectivity index is 1.65. The first kappa shape index (κ1) is 19.8. The molecule has 0 aliphatic heterocycles. The number of allylic oxidation sites excluding steroid dienone is 1. The second-order valence-electron chi connectivity index (χ2n) is 10.2. The maximum atomic E-state index is 14.0. The molecule has 5 rings (SSSR count). The van der Waals surface area contributed by atoms with Crippen molar-refractivity contribution in [1.29, 1.82) is 0 Å². The second kappa shape index (κ2) is 7.23. The quantitative estimate of drug-likeness (QED) is 0.646. The van der Waals surface area contributed by atoms with Crippen LogP contribution < -0.4 is 0 Å². The minimum atomic E-state index is -0.469. The van der Waals surface area contributed by atoms with Gasteiger partial charge in [-0.3, -0.25) is 0 Å². The molecule has 2 nitrogen and oxygen atoms in total. The van der Waals surface area contributed by atoms with Crippen LogP contribution in [0.1, 0.15) is 61.1 Å². The van der Waals surface area contributed by atoms with Gasteiger partial charge in [-0.15, -0.1) is 0 Å². The molecule has 2 saturated carbocycles. The Morgan fingerprint density at radius 2 is 1.93 bits per heavy atom. The van der Waals surface area contributed by atoms with Crippen LogP contribution in [-0.2, 0) is 6.42 Å². The number of phenols is 1. The molecule has 3 heteroatoms. The van der Waals surface area contributed by atoms with Gasteiger partial charge in [-0.2, -0.15) is 0 Å². The van der Waals surface area contributed by atoms with Gasteiger partial charge in [0.25, 0.3) is 0 Å². The fraction of sp³-hybridized carbons (Fsp3) is 0.481. The van der Waals surface area contributed by atoms with Crippen LogP contribution in [0.25, 0.3) is 0 Å². The molecule has 0 saturated heterocycles. The number of fused-ring (bicyclic) bond motifs is 5. The van der Waals surface area contributed by atoms with Crippen LogP contribution in [0.4, 0.5) is 4.39 Å². The Morgan fingerprint density at radius 1 is 1.17 bits per heavy atom. The van der Waals surface area contributed by atoms with Gasteiger partial charge in [0.1, 0.15) is 5.75 Å². The van der Waals surface area contributed by atoms with Crippen molar-refractivity contribution < 1.29 is 14.6 Å². The van der Waals surface area contributed by atoms with Crippen LogP contribution in [-0.4, -0.2) is 16.3 Å². The zero-order valence-corrected chi connectivity index (χ0v) is 17.6. The minimum absolute atomic E-state index is 0.0299. The fourth-order valence-electron chi connectivity index (χ4n) is 7.42. The summed E-state index contributed by atoms with van der Waals surface area (Å²) in [6.07, 6.45) is 3.55. The number of phenolic OH excluding ortho intramolecular Hbond substituents is 1. The lowest BCUT2D eigenvalue weighted by atomic mass is 9.50. The number of aliphatic hydroxyl groups is 1. The van der Waals surface area contributed by atoms with E-state index in [1.807, 2.05) is 12.1 Å². The van der Waals surface area contributed by atoms with Crippen LogP contribution >= 0.6 is 0 Å². The van der Waals surface area contributed by atoms with E-state index in [0.717, 1.165) is 25.7 Å². The Labute approximate surface area is 178 Å².